The number of carbonyl (C=O) groups is 1. The number of hydrogen-bond acceptors (Lipinski definition) is 2. The van der Waals surface area contributed by atoms with E-state index in [1.165, 1.54) is 18.2 Å². The SMILES string of the molecule is Cc1ccc(C(O)(C(N)=O)C(F)F)cc1Br. The molecule has 3 N–H and O–H groups in total. The average molecular weight is 294 g/mol. The molecule has 0 radical (unpaired) electrons. The Bertz CT molecular complexity index is 425. The normalized spacial score (nSPS) is 14.9. The van der Waals surface area contributed by atoms with E-state index in [9.17, 15) is 18.7 Å². The van der Waals surface area contributed by atoms with Crippen LogP contribution >= 0.6 is 15.9 Å². The van der Waals surface area contributed by atoms with Crippen molar-refractivity contribution in [3.05, 3.63) is 33.8 Å². The Morgan fingerprint density at radius 3 is 2.50 bits per heavy atom. The highest BCUT2D eigenvalue weighted by molar-refractivity contribution is 9.10. The zero-order valence-corrected chi connectivity index (χ0v) is 9.96. The van der Waals surface area contributed by atoms with Crippen molar-refractivity contribution in [2.45, 2.75) is 19.0 Å². The Labute approximate surface area is 99.4 Å². The van der Waals surface area contributed by atoms with Gasteiger partial charge in [0, 0.05) is 4.47 Å². The van der Waals surface area contributed by atoms with E-state index in [1.807, 2.05) is 0 Å². The third-order valence-corrected chi connectivity index (χ3v) is 3.16. The number of aliphatic hydroxyl groups is 1. The van der Waals surface area contributed by atoms with Crippen LogP contribution in [-0.4, -0.2) is 17.4 Å². The van der Waals surface area contributed by atoms with Crippen molar-refractivity contribution in [2.75, 3.05) is 0 Å². The van der Waals surface area contributed by atoms with Gasteiger partial charge in [0.15, 0.2) is 0 Å². The summed E-state index contributed by atoms with van der Waals surface area (Å²) in [6.07, 6.45) is -3.28. The lowest BCUT2D eigenvalue weighted by Crippen LogP contribution is -2.47. The van der Waals surface area contributed by atoms with Gasteiger partial charge in [0.25, 0.3) is 12.3 Å². The molecule has 1 aromatic rings. The number of aryl methyl sites for hydroxylation is 1. The van der Waals surface area contributed by atoms with Crippen LogP contribution in [0.2, 0.25) is 0 Å². The van der Waals surface area contributed by atoms with E-state index in [4.69, 9.17) is 5.73 Å². The van der Waals surface area contributed by atoms with Crippen LogP contribution in [0.1, 0.15) is 11.1 Å². The zero-order chi connectivity index (χ0) is 12.5. The number of primary amides is 1. The summed E-state index contributed by atoms with van der Waals surface area (Å²) in [6, 6.07) is 4.01. The van der Waals surface area contributed by atoms with Crippen molar-refractivity contribution >= 4 is 21.8 Å². The second-order valence-corrected chi connectivity index (χ2v) is 4.25. The lowest BCUT2D eigenvalue weighted by Gasteiger charge is -2.24. The summed E-state index contributed by atoms with van der Waals surface area (Å²) in [5, 5.41) is 9.61. The fourth-order valence-electron chi connectivity index (χ4n) is 1.21. The van der Waals surface area contributed by atoms with Crippen molar-refractivity contribution in [2.24, 2.45) is 5.73 Å². The topological polar surface area (TPSA) is 63.3 Å². The first-order valence-electron chi connectivity index (χ1n) is 4.37. The predicted octanol–water partition coefficient (Wildman–Crippen LogP) is 1.70. The third kappa shape index (κ3) is 2.08. The first-order chi connectivity index (χ1) is 7.30. The summed E-state index contributed by atoms with van der Waals surface area (Å²) < 4.78 is 25.9. The molecule has 0 saturated carbocycles. The smallest absolute Gasteiger partial charge is 0.280 e. The van der Waals surface area contributed by atoms with Gasteiger partial charge in [0.1, 0.15) is 0 Å². The Kier molecular flexibility index (Phi) is 3.64. The van der Waals surface area contributed by atoms with Crippen LogP contribution in [0.25, 0.3) is 0 Å². The maximum absolute atomic E-state index is 12.7. The summed E-state index contributed by atoms with van der Waals surface area (Å²) in [5.41, 5.74) is 2.43. The molecule has 3 nitrogen and oxygen atoms in total. The van der Waals surface area contributed by atoms with Crippen LogP contribution in [0.4, 0.5) is 8.78 Å². The second kappa shape index (κ2) is 4.47. The molecular formula is C10H10BrF2NO2. The molecule has 0 fully saturated rings. The molecule has 0 aliphatic heterocycles. The van der Waals surface area contributed by atoms with Crippen molar-refractivity contribution in [1.29, 1.82) is 0 Å². The molecule has 0 aromatic heterocycles. The molecule has 0 bridgehead atoms. The molecule has 1 atom stereocenters. The van der Waals surface area contributed by atoms with Crippen LogP contribution in [0, 0.1) is 6.92 Å². The first-order valence-corrected chi connectivity index (χ1v) is 5.16. The van der Waals surface area contributed by atoms with E-state index in [1.54, 1.807) is 6.92 Å². The van der Waals surface area contributed by atoms with Crippen molar-refractivity contribution in [3.8, 4) is 0 Å². The number of nitrogens with two attached hydrogens (primary N) is 1. The van der Waals surface area contributed by atoms with Crippen LogP contribution in [-0.2, 0) is 10.4 Å². The van der Waals surface area contributed by atoms with E-state index in [0.717, 1.165) is 5.56 Å². The van der Waals surface area contributed by atoms with Gasteiger partial charge in [0.2, 0.25) is 5.60 Å². The molecule has 1 unspecified atom stereocenters. The Morgan fingerprint density at radius 1 is 1.56 bits per heavy atom. The minimum atomic E-state index is -3.28. The van der Waals surface area contributed by atoms with Gasteiger partial charge in [-0.3, -0.25) is 4.79 Å². The molecule has 88 valence electrons. The molecule has 16 heavy (non-hydrogen) atoms. The summed E-state index contributed by atoms with van der Waals surface area (Å²) in [7, 11) is 0. The van der Waals surface area contributed by atoms with E-state index in [-0.39, 0.29) is 5.56 Å². The van der Waals surface area contributed by atoms with Crippen LogP contribution in [0.5, 0.6) is 0 Å². The molecule has 1 aromatic carbocycles. The number of hydrogen-bond donors (Lipinski definition) is 2. The Morgan fingerprint density at radius 2 is 2.12 bits per heavy atom. The van der Waals surface area contributed by atoms with Crippen LogP contribution < -0.4 is 5.73 Å². The quantitative estimate of drug-likeness (QED) is 0.891. The predicted molar refractivity (Wildman–Crippen MR) is 58.0 cm³/mol. The first kappa shape index (κ1) is 13.1. The third-order valence-electron chi connectivity index (χ3n) is 2.30. The maximum Gasteiger partial charge on any atom is 0.280 e. The molecule has 0 saturated heterocycles. The Hall–Kier alpha value is -1.01. The largest absolute Gasteiger partial charge is 0.371 e. The maximum atomic E-state index is 12.7. The number of carbonyl (C=O) groups excluding carboxylic acids is 1. The van der Waals surface area contributed by atoms with Crippen LogP contribution in [0.15, 0.2) is 22.7 Å². The lowest BCUT2D eigenvalue weighted by atomic mass is 9.93. The minimum Gasteiger partial charge on any atom is -0.371 e. The van der Waals surface area contributed by atoms with Gasteiger partial charge in [-0.25, -0.2) is 8.78 Å². The highest BCUT2D eigenvalue weighted by atomic mass is 79.9. The van der Waals surface area contributed by atoms with E-state index in [0.29, 0.717) is 4.47 Å². The van der Waals surface area contributed by atoms with Gasteiger partial charge in [-0.1, -0.05) is 28.1 Å². The number of halogens is 3. The molecule has 6 heteroatoms. The Balaban J connectivity index is 3.33. The average Bonchev–Trinajstić information content (AvgIpc) is 2.20. The van der Waals surface area contributed by atoms with Crippen molar-refractivity contribution < 1.29 is 18.7 Å². The highest BCUT2D eigenvalue weighted by Crippen LogP contribution is 2.31. The number of amides is 1. The summed E-state index contributed by atoms with van der Waals surface area (Å²) >= 11 is 3.13. The molecule has 0 aliphatic carbocycles. The van der Waals surface area contributed by atoms with E-state index < -0.39 is 17.9 Å². The molecule has 0 heterocycles. The monoisotopic (exact) mass is 293 g/mol. The fraction of sp³-hybridized carbons (Fsp3) is 0.300. The molecule has 0 spiro atoms. The zero-order valence-electron chi connectivity index (χ0n) is 8.38. The highest BCUT2D eigenvalue weighted by Gasteiger charge is 2.45. The summed E-state index contributed by atoms with van der Waals surface area (Å²) in [4.78, 5) is 10.9. The lowest BCUT2D eigenvalue weighted by molar-refractivity contribution is -0.156. The van der Waals surface area contributed by atoms with Gasteiger partial charge in [-0.15, -0.1) is 0 Å². The number of alkyl halides is 2. The molecule has 1 amide bonds. The van der Waals surface area contributed by atoms with Crippen LogP contribution in [0.3, 0.4) is 0 Å². The summed E-state index contributed by atoms with van der Waals surface area (Å²) in [6.45, 7) is 1.75. The molecular weight excluding hydrogens is 284 g/mol. The standard InChI is InChI=1S/C10H10BrF2NO2/c1-5-2-3-6(4-7(5)11)10(16,8(12)13)9(14)15/h2-4,8,16H,1H3,(H2,14,15). The number of rotatable bonds is 3. The van der Waals surface area contributed by atoms with E-state index in [2.05, 4.69) is 15.9 Å². The van der Waals surface area contributed by atoms with Gasteiger partial charge in [-0.2, -0.15) is 0 Å². The minimum absolute atomic E-state index is 0.229. The van der Waals surface area contributed by atoms with Gasteiger partial charge in [-0.05, 0) is 24.1 Å². The van der Waals surface area contributed by atoms with Crippen molar-refractivity contribution in [3.63, 3.8) is 0 Å². The van der Waals surface area contributed by atoms with Crippen molar-refractivity contribution in [1.82, 2.24) is 0 Å². The van der Waals surface area contributed by atoms with Gasteiger partial charge >= 0.3 is 0 Å². The molecule has 0 aliphatic rings. The summed E-state index contributed by atoms with van der Waals surface area (Å²) in [5.74, 6) is -1.47. The van der Waals surface area contributed by atoms with E-state index >= 15 is 0 Å². The number of benzene rings is 1. The molecule has 1 rings (SSSR count). The second-order valence-electron chi connectivity index (χ2n) is 3.40. The van der Waals surface area contributed by atoms with Gasteiger partial charge in [0.05, 0.1) is 0 Å². The van der Waals surface area contributed by atoms with Gasteiger partial charge < -0.3 is 10.8 Å². The fourth-order valence-corrected chi connectivity index (χ4v) is 1.58.